The third kappa shape index (κ3) is 6.65. The van der Waals surface area contributed by atoms with E-state index in [1.54, 1.807) is 11.3 Å². The van der Waals surface area contributed by atoms with Crippen molar-refractivity contribution in [3.63, 3.8) is 0 Å². The van der Waals surface area contributed by atoms with Gasteiger partial charge in [-0.2, -0.15) is 5.10 Å². The quantitative estimate of drug-likeness (QED) is 0.105. The molecule has 0 aliphatic heterocycles. The van der Waals surface area contributed by atoms with E-state index in [4.69, 9.17) is 14.7 Å². The van der Waals surface area contributed by atoms with Crippen LogP contribution in [-0.4, -0.2) is 51.4 Å². The first kappa shape index (κ1) is 26.9. The van der Waals surface area contributed by atoms with Crippen LogP contribution in [0.3, 0.4) is 0 Å². The number of hydrogen-bond acceptors (Lipinski definition) is 8. The first-order valence-corrected chi connectivity index (χ1v) is 18.4. The third-order valence-corrected chi connectivity index (χ3v) is 9.90. The summed E-state index contributed by atoms with van der Waals surface area (Å²) >= 11 is 1.68. The molecule has 8 nitrogen and oxygen atoms in total. The summed E-state index contributed by atoms with van der Waals surface area (Å²) in [5, 5.41) is 15.7. The summed E-state index contributed by atoms with van der Waals surface area (Å²) < 4.78 is 8.19. The zero-order chi connectivity index (χ0) is 26.5. The number of rotatable bonds is 12. The van der Waals surface area contributed by atoms with Crippen LogP contribution in [0.25, 0.3) is 22.2 Å². The first-order valence-electron chi connectivity index (χ1n) is 13.9. The fourth-order valence-electron chi connectivity index (χ4n) is 4.69. The molecule has 0 N–H and O–H groups in total. The fraction of sp³-hybridized carbons (Fsp3) is 0.536. The molecule has 0 radical (unpaired) electrons. The molecule has 1 aliphatic rings. The molecule has 0 bridgehead atoms. The minimum atomic E-state index is -1.18. The van der Waals surface area contributed by atoms with Gasteiger partial charge in [-0.25, -0.2) is 4.98 Å². The van der Waals surface area contributed by atoms with E-state index in [9.17, 15) is 0 Å². The number of nitrogens with zero attached hydrogens (tertiary/aromatic N) is 7. The summed E-state index contributed by atoms with van der Waals surface area (Å²) in [6.45, 7) is 11.4. The topological polar surface area (TPSA) is 81.9 Å². The van der Waals surface area contributed by atoms with Crippen LogP contribution in [0.4, 0.5) is 10.9 Å². The van der Waals surface area contributed by atoms with Crippen LogP contribution in [0.15, 0.2) is 36.8 Å². The molecule has 4 aromatic rings. The van der Waals surface area contributed by atoms with Crippen LogP contribution in [0.2, 0.25) is 25.7 Å². The van der Waals surface area contributed by atoms with Crippen LogP contribution in [0.1, 0.15) is 56.4 Å². The zero-order valence-electron chi connectivity index (χ0n) is 23.1. The Morgan fingerprint density at radius 2 is 1.92 bits per heavy atom. The molecule has 4 heterocycles. The number of aromatic nitrogens is 6. The van der Waals surface area contributed by atoms with Gasteiger partial charge in [0.15, 0.2) is 0 Å². The Labute approximate surface area is 230 Å². The van der Waals surface area contributed by atoms with Crippen molar-refractivity contribution < 1.29 is 4.74 Å². The van der Waals surface area contributed by atoms with E-state index in [0.717, 1.165) is 70.2 Å². The minimum Gasteiger partial charge on any atom is -0.361 e. The van der Waals surface area contributed by atoms with E-state index in [1.165, 1.54) is 25.7 Å². The lowest BCUT2D eigenvalue weighted by atomic mass is 10.1. The minimum absolute atomic E-state index is 0.402. The van der Waals surface area contributed by atoms with Gasteiger partial charge in [-0.1, -0.05) is 57.2 Å². The Hall–Kier alpha value is -2.69. The van der Waals surface area contributed by atoms with E-state index in [1.807, 2.05) is 29.2 Å². The second kappa shape index (κ2) is 12.0. The summed E-state index contributed by atoms with van der Waals surface area (Å²) in [6, 6.07) is 7.26. The summed E-state index contributed by atoms with van der Waals surface area (Å²) in [4.78, 5) is 11.8. The van der Waals surface area contributed by atoms with E-state index in [0.29, 0.717) is 12.6 Å². The van der Waals surface area contributed by atoms with Gasteiger partial charge < -0.3 is 4.74 Å². The molecule has 1 fully saturated rings. The number of unbranched alkanes of at least 4 members (excludes halogenated alkanes) is 1. The normalized spacial score (nSPS) is 14.5. The van der Waals surface area contributed by atoms with E-state index >= 15 is 0 Å². The average Bonchev–Trinajstić information content (AvgIpc) is 3.68. The van der Waals surface area contributed by atoms with Crippen molar-refractivity contribution in [3.8, 4) is 11.1 Å². The molecular formula is C28H39N7OSSi. The van der Waals surface area contributed by atoms with Gasteiger partial charge >= 0.3 is 0 Å². The number of ether oxygens (including phenoxy) is 1. The number of fused-ring (bicyclic) bond motifs is 1. The summed E-state index contributed by atoms with van der Waals surface area (Å²) in [7, 11) is -1.18. The molecule has 1 aliphatic carbocycles. The van der Waals surface area contributed by atoms with E-state index in [2.05, 4.69) is 59.0 Å². The highest BCUT2D eigenvalue weighted by Crippen LogP contribution is 2.38. The van der Waals surface area contributed by atoms with Gasteiger partial charge in [-0.05, 0) is 43.5 Å². The Balaban J connectivity index is 1.42. The molecule has 202 valence electrons. The highest BCUT2D eigenvalue weighted by atomic mass is 32.1. The highest BCUT2D eigenvalue weighted by molar-refractivity contribution is 7.15. The number of anilines is 2. The van der Waals surface area contributed by atoms with Gasteiger partial charge in [-0.3, -0.25) is 14.6 Å². The Morgan fingerprint density at radius 3 is 2.71 bits per heavy atom. The van der Waals surface area contributed by atoms with Crippen LogP contribution < -0.4 is 4.90 Å². The van der Waals surface area contributed by atoms with Gasteiger partial charge in [0, 0.05) is 50.7 Å². The smallest absolute Gasteiger partial charge is 0.215 e. The zero-order valence-corrected chi connectivity index (χ0v) is 24.9. The van der Waals surface area contributed by atoms with Crippen LogP contribution in [0, 0.1) is 0 Å². The van der Waals surface area contributed by atoms with Crippen LogP contribution in [-0.2, 0) is 11.3 Å². The molecule has 38 heavy (non-hydrogen) atoms. The highest BCUT2D eigenvalue weighted by Gasteiger charge is 2.24. The van der Waals surface area contributed by atoms with E-state index < -0.39 is 8.07 Å². The summed E-state index contributed by atoms with van der Waals surface area (Å²) in [5.74, 6) is 1.34. The van der Waals surface area contributed by atoms with Gasteiger partial charge in [-0.15, -0.1) is 10.2 Å². The molecule has 0 atom stereocenters. The summed E-state index contributed by atoms with van der Waals surface area (Å²) in [5.41, 5.74) is 3.77. The number of hydrogen-bond donors (Lipinski definition) is 0. The number of pyridine rings is 2. The molecule has 5 rings (SSSR count). The average molecular weight is 550 g/mol. The van der Waals surface area contributed by atoms with Gasteiger partial charge in [0.2, 0.25) is 5.13 Å². The molecule has 0 amide bonds. The van der Waals surface area contributed by atoms with Crippen molar-refractivity contribution in [1.82, 2.24) is 29.9 Å². The molecular weight excluding hydrogens is 511 g/mol. The van der Waals surface area contributed by atoms with Crippen molar-refractivity contribution in [2.24, 2.45) is 0 Å². The van der Waals surface area contributed by atoms with Crippen LogP contribution >= 0.6 is 11.3 Å². The third-order valence-electron chi connectivity index (χ3n) is 7.09. The molecule has 0 saturated heterocycles. The van der Waals surface area contributed by atoms with E-state index in [-0.39, 0.29) is 0 Å². The lowest BCUT2D eigenvalue weighted by Gasteiger charge is -2.22. The van der Waals surface area contributed by atoms with Crippen molar-refractivity contribution >= 4 is 41.4 Å². The lowest BCUT2D eigenvalue weighted by Crippen LogP contribution is -2.26. The van der Waals surface area contributed by atoms with Gasteiger partial charge in [0.05, 0.1) is 17.2 Å². The molecule has 0 unspecified atom stereocenters. The fourth-order valence-corrected chi connectivity index (χ4v) is 6.45. The Kier molecular flexibility index (Phi) is 8.50. The second-order valence-corrected chi connectivity index (χ2v) is 18.1. The second-order valence-electron chi connectivity index (χ2n) is 11.5. The maximum atomic E-state index is 6.19. The molecule has 0 aromatic carbocycles. The lowest BCUT2D eigenvalue weighted by molar-refractivity contribution is 0.153. The van der Waals surface area contributed by atoms with Gasteiger partial charge in [0.1, 0.15) is 17.6 Å². The molecule has 10 heteroatoms. The van der Waals surface area contributed by atoms with Crippen LogP contribution in [0.5, 0.6) is 0 Å². The largest absolute Gasteiger partial charge is 0.361 e. The first-order chi connectivity index (χ1) is 18.4. The predicted octanol–water partition coefficient (Wildman–Crippen LogP) is 7.25. The molecule has 1 saturated carbocycles. The maximum Gasteiger partial charge on any atom is 0.215 e. The Morgan fingerprint density at radius 1 is 1.08 bits per heavy atom. The monoisotopic (exact) mass is 549 g/mol. The van der Waals surface area contributed by atoms with Crippen molar-refractivity contribution in [1.29, 1.82) is 0 Å². The van der Waals surface area contributed by atoms with Crippen molar-refractivity contribution in [3.05, 3.63) is 41.8 Å². The maximum absolute atomic E-state index is 6.19. The Bertz CT molecular complexity index is 1340. The van der Waals surface area contributed by atoms with Gasteiger partial charge in [0.25, 0.3) is 0 Å². The molecule has 4 aromatic heterocycles. The number of aryl methyl sites for hydroxylation is 1. The standard InChI is InChI=1S/C28H39N7OSSi/c1-5-6-13-34-19-23(18-30-34)22-16-25-24(29-17-22)11-12-26(31-25)35(20-36-14-15-38(2,3)4)28-33-32-27(37-28)21-9-7-8-10-21/h11-12,16-19,21H,5-10,13-15,20H2,1-4H3. The SMILES string of the molecule is CCCCn1cc(-c2cnc3ccc(N(COCC[Si](C)(C)C)c4nnc(C5CCCC5)s4)nc3c2)cn1. The summed E-state index contributed by atoms with van der Waals surface area (Å²) in [6.07, 6.45) is 13.1. The van der Waals surface area contributed by atoms with Crippen molar-refractivity contribution in [2.45, 2.75) is 83.6 Å². The molecule has 0 spiro atoms. The predicted molar refractivity (Wildman–Crippen MR) is 158 cm³/mol. The van der Waals surface area contributed by atoms with Crippen molar-refractivity contribution in [2.75, 3.05) is 18.2 Å².